The Balaban J connectivity index is 2.28. The van der Waals surface area contributed by atoms with Crippen molar-refractivity contribution in [3.8, 4) is 6.07 Å². The summed E-state index contributed by atoms with van der Waals surface area (Å²) in [5.74, 6) is 0.0933. The summed E-state index contributed by atoms with van der Waals surface area (Å²) in [4.78, 5) is 3.99. The summed E-state index contributed by atoms with van der Waals surface area (Å²) in [6.45, 7) is 0. The normalized spacial score (nSPS) is 9.50. The highest BCUT2D eigenvalue weighted by Gasteiger charge is 2.02. The van der Waals surface area contributed by atoms with Crippen LogP contribution in [0.15, 0.2) is 42.6 Å². The van der Waals surface area contributed by atoms with Crippen molar-refractivity contribution in [2.45, 2.75) is 0 Å². The van der Waals surface area contributed by atoms with Gasteiger partial charge in [0.05, 0.1) is 17.3 Å². The third-order valence-corrected chi connectivity index (χ3v) is 2.03. The number of aromatic nitrogens is 1. The molecule has 0 saturated carbocycles. The Morgan fingerprint density at radius 2 is 2.06 bits per heavy atom. The first kappa shape index (κ1) is 10.1. The minimum absolute atomic E-state index is 0.338. The maximum absolute atomic E-state index is 13.3. The third-order valence-electron chi connectivity index (χ3n) is 2.03. The molecule has 2 aromatic rings. The fraction of sp³-hybridized carbons (Fsp3) is 0. The summed E-state index contributed by atoms with van der Waals surface area (Å²) in [5.41, 5.74) is 0.818. The molecule has 1 N–H and O–H groups in total. The maximum Gasteiger partial charge on any atom is 0.146 e. The molecule has 0 unspecified atom stereocenters. The van der Waals surface area contributed by atoms with Gasteiger partial charge in [0, 0.05) is 6.20 Å². The zero-order valence-electron chi connectivity index (χ0n) is 8.31. The second kappa shape index (κ2) is 4.41. The van der Waals surface area contributed by atoms with Gasteiger partial charge in [-0.2, -0.15) is 5.26 Å². The van der Waals surface area contributed by atoms with Crippen LogP contribution in [0, 0.1) is 17.1 Å². The monoisotopic (exact) mass is 213 g/mol. The van der Waals surface area contributed by atoms with Crippen molar-refractivity contribution in [3.63, 3.8) is 0 Å². The number of rotatable bonds is 2. The van der Waals surface area contributed by atoms with Gasteiger partial charge in [0.1, 0.15) is 11.6 Å². The van der Waals surface area contributed by atoms with E-state index in [1.165, 1.54) is 12.3 Å². The summed E-state index contributed by atoms with van der Waals surface area (Å²) in [7, 11) is 0. The highest BCUT2D eigenvalue weighted by atomic mass is 19.1. The second-order valence-electron chi connectivity index (χ2n) is 3.15. The standard InChI is InChI=1S/C12H8FN3/c13-10-3-1-2-4-11(10)16-12-7-9(8-14)5-6-15-12/h1-7H,(H,15,16). The van der Waals surface area contributed by atoms with E-state index in [9.17, 15) is 4.39 Å². The number of nitriles is 1. The number of nitrogens with one attached hydrogen (secondary N) is 1. The SMILES string of the molecule is N#Cc1ccnc(Nc2ccccc2F)c1. The van der Waals surface area contributed by atoms with Crippen LogP contribution in [-0.2, 0) is 0 Å². The Kier molecular flexibility index (Phi) is 2.79. The van der Waals surface area contributed by atoms with Gasteiger partial charge in [-0.25, -0.2) is 9.37 Å². The molecule has 0 bridgehead atoms. The van der Waals surface area contributed by atoms with E-state index in [0.717, 1.165) is 0 Å². The van der Waals surface area contributed by atoms with E-state index in [-0.39, 0.29) is 5.82 Å². The summed E-state index contributed by atoms with van der Waals surface area (Å²) >= 11 is 0. The number of halogens is 1. The lowest BCUT2D eigenvalue weighted by atomic mass is 10.2. The third kappa shape index (κ3) is 2.15. The van der Waals surface area contributed by atoms with Crippen LogP contribution in [0.5, 0.6) is 0 Å². The number of hydrogen-bond acceptors (Lipinski definition) is 3. The van der Waals surface area contributed by atoms with Gasteiger partial charge in [-0.05, 0) is 24.3 Å². The van der Waals surface area contributed by atoms with E-state index in [1.54, 1.807) is 30.3 Å². The van der Waals surface area contributed by atoms with Gasteiger partial charge in [0.2, 0.25) is 0 Å². The smallest absolute Gasteiger partial charge is 0.146 e. The van der Waals surface area contributed by atoms with Gasteiger partial charge in [-0.1, -0.05) is 12.1 Å². The highest BCUT2D eigenvalue weighted by Crippen LogP contribution is 2.18. The van der Waals surface area contributed by atoms with Crippen molar-refractivity contribution in [2.24, 2.45) is 0 Å². The van der Waals surface area contributed by atoms with Crippen molar-refractivity contribution in [2.75, 3.05) is 5.32 Å². The molecule has 0 aliphatic carbocycles. The van der Waals surface area contributed by atoms with Crippen LogP contribution >= 0.6 is 0 Å². The number of pyridine rings is 1. The van der Waals surface area contributed by atoms with Gasteiger partial charge in [-0.15, -0.1) is 0 Å². The maximum atomic E-state index is 13.3. The Morgan fingerprint density at radius 1 is 1.25 bits per heavy atom. The molecular formula is C12H8FN3. The first-order chi connectivity index (χ1) is 7.79. The number of anilines is 2. The zero-order valence-corrected chi connectivity index (χ0v) is 8.31. The van der Waals surface area contributed by atoms with Crippen LogP contribution in [0.3, 0.4) is 0 Å². The lowest BCUT2D eigenvalue weighted by Crippen LogP contribution is -1.96. The molecule has 0 aliphatic heterocycles. The van der Waals surface area contributed by atoms with Gasteiger partial charge < -0.3 is 5.32 Å². The summed E-state index contributed by atoms with van der Waals surface area (Å²) in [5, 5.41) is 11.5. The van der Waals surface area contributed by atoms with Crippen molar-refractivity contribution in [1.29, 1.82) is 5.26 Å². The molecule has 0 amide bonds. The van der Waals surface area contributed by atoms with E-state index < -0.39 is 0 Å². The van der Waals surface area contributed by atoms with Crippen molar-refractivity contribution < 1.29 is 4.39 Å². The molecule has 3 nitrogen and oxygen atoms in total. The molecule has 16 heavy (non-hydrogen) atoms. The predicted molar refractivity (Wildman–Crippen MR) is 58.6 cm³/mol. The Morgan fingerprint density at radius 3 is 2.81 bits per heavy atom. The molecule has 4 heteroatoms. The lowest BCUT2D eigenvalue weighted by Gasteiger charge is -2.05. The molecule has 0 fully saturated rings. The summed E-state index contributed by atoms with van der Waals surface area (Å²) in [6.07, 6.45) is 1.50. The first-order valence-corrected chi connectivity index (χ1v) is 4.67. The Bertz CT molecular complexity index is 546. The fourth-order valence-electron chi connectivity index (χ4n) is 1.27. The molecular weight excluding hydrogens is 205 g/mol. The second-order valence-corrected chi connectivity index (χ2v) is 3.15. The van der Waals surface area contributed by atoms with Crippen molar-refractivity contribution in [3.05, 3.63) is 54.0 Å². The summed E-state index contributed by atoms with van der Waals surface area (Å²) in [6, 6.07) is 11.4. The van der Waals surface area contributed by atoms with Gasteiger partial charge in [0.25, 0.3) is 0 Å². The number of hydrogen-bond donors (Lipinski definition) is 1. The van der Waals surface area contributed by atoms with E-state index in [2.05, 4.69) is 10.3 Å². The van der Waals surface area contributed by atoms with Crippen LogP contribution in [0.25, 0.3) is 0 Å². The number of benzene rings is 1. The quantitative estimate of drug-likeness (QED) is 0.834. The van der Waals surface area contributed by atoms with Gasteiger partial charge >= 0.3 is 0 Å². The zero-order chi connectivity index (χ0) is 11.4. The Hall–Kier alpha value is -2.41. The molecule has 0 aliphatic rings. The molecule has 1 aromatic heterocycles. The van der Waals surface area contributed by atoms with Crippen LogP contribution < -0.4 is 5.32 Å². The molecule has 1 aromatic carbocycles. The highest BCUT2D eigenvalue weighted by molar-refractivity contribution is 5.57. The summed E-state index contributed by atoms with van der Waals surface area (Å²) < 4.78 is 13.3. The minimum atomic E-state index is -0.355. The first-order valence-electron chi connectivity index (χ1n) is 4.67. The van der Waals surface area contributed by atoms with E-state index in [4.69, 9.17) is 5.26 Å². The van der Waals surface area contributed by atoms with Crippen LogP contribution in [0.4, 0.5) is 15.9 Å². The van der Waals surface area contributed by atoms with E-state index in [0.29, 0.717) is 17.1 Å². The van der Waals surface area contributed by atoms with Crippen molar-refractivity contribution in [1.82, 2.24) is 4.98 Å². The minimum Gasteiger partial charge on any atom is -0.338 e. The average molecular weight is 213 g/mol. The van der Waals surface area contributed by atoms with Crippen molar-refractivity contribution >= 4 is 11.5 Å². The van der Waals surface area contributed by atoms with Gasteiger partial charge in [-0.3, -0.25) is 0 Å². The van der Waals surface area contributed by atoms with E-state index in [1.807, 2.05) is 6.07 Å². The lowest BCUT2D eigenvalue weighted by molar-refractivity contribution is 0.632. The molecule has 78 valence electrons. The largest absolute Gasteiger partial charge is 0.338 e. The molecule has 1 heterocycles. The van der Waals surface area contributed by atoms with E-state index >= 15 is 0 Å². The van der Waals surface area contributed by atoms with Gasteiger partial charge in [0.15, 0.2) is 0 Å². The van der Waals surface area contributed by atoms with Crippen LogP contribution in [0.2, 0.25) is 0 Å². The molecule has 0 saturated heterocycles. The predicted octanol–water partition coefficient (Wildman–Crippen LogP) is 2.84. The Labute approximate surface area is 92.2 Å². The molecule has 0 spiro atoms. The van der Waals surface area contributed by atoms with Crippen LogP contribution in [0.1, 0.15) is 5.56 Å². The van der Waals surface area contributed by atoms with Crippen LogP contribution in [-0.4, -0.2) is 4.98 Å². The average Bonchev–Trinajstić information content (AvgIpc) is 2.32. The molecule has 0 radical (unpaired) electrons. The fourth-order valence-corrected chi connectivity index (χ4v) is 1.27. The number of para-hydroxylation sites is 1. The molecule has 2 rings (SSSR count). The molecule has 0 atom stereocenters. The topological polar surface area (TPSA) is 48.7 Å². The number of nitrogens with zero attached hydrogens (tertiary/aromatic N) is 2.